The second kappa shape index (κ2) is 4.18. The lowest BCUT2D eigenvalue weighted by molar-refractivity contribution is 1.08. The zero-order chi connectivity index (χ0) is 6.41. The fraction of sp³-hybridized carbons (Fsp3) is 0.400. The van der Waals surface area contributed by atoms with Gasteiger partial charge in [-0.15, -0.1) is 0 Å². The molecule has 0 fully saturated rings. The Labute approximate surface area is 49.3 Å². The largest absolute Gasteiger partial charge is 0.396 e. The van der Waals surface area contributed by atoms with E-state index in [1.165, 1.54) is 0 Å². The van der Waals surface area contributed by atoms with Gasteiger partial charge in [0.05, 0.1) is 5.70 Å². The quantitative estimate of drug-likeness (QED) is 0.483. The molecule has 0 aliphatic rings. The van der Waals surface area contributed by atoms with Gasteiger partial charge in [-0.1, -0.05) is 0 Å². The van der Waals surface area contributed by atoms with Crippen LogP contribution in [0.3, 0.4) is 0 Å². The number of nitrogens with zero attached hydrogens (tertiary/aromatic N) is 1. The number of hydrogen-bond donors (Lipinski definition) is 2. The fourth-order valence-electron chi connectivity index (χ4n) is 0.353. The first-order valence-electron chi connectivity index (χ1n) is 2.36. The van der Waals surface area contributed by atoms with E-state index in [0.29, 0.717) is 5.70 Å². The molecule has 0 unspecified atom stereocenters. The van der Waals surface area contributed by atoms with E-state index in [1.54, 1.807) is 26.5 Å². The third-order valence-electron chi connectivity index (χ3n) is 0.589. The Morgan fingerprint density at radius 3 is 2.75 bits per heavy atom. The molecule has 3 nitrogen and oxygen atoms in total. The van der Waals surface area contributed by atoms with Gasteiger partial charge in [0.25, 0.3) is 0 Å². The van der Waals surface area contributed by atoms with Gasteiger partial charge in [0.1, 0.15) is 0 Å². The Bertz CT molecular complexity index is 104. The van der Waals surface area contributed by atoms with Crippen molar-refractivity contribution in [2.24, 2.45) is 10.7 Å². The third kappa shape index (κ3) is 3.21. The van der Waals surface area contributed by atoms with Gasteiger partial charge >= 0.3 is 0 Å². The van der Waals surface area contributed by atoms with Gasteiger partial charge in [-0.2, -0.15) is 0 Å². The van der Waals surface area contributed by atoms with Crippen LogP contribution in [0.25, 0.3) is 0 Å². The highest BCUT2D eigenvalue weighted by molar-refractivity contribution is 5.76. The van der Waals surface area contributed by atoms with Gasteiger partial charge in [-0.3, -0.25) is 4.99 Å². The maximum Gasteiger partial charge on any atom is 0.0654 e. The van der Waals surface area contributed by atoms with Crippen molar-refractivity contribution in [1.29, 1.82) is 0 Å². The second-order valence-corrected chi connectivity index (χ2v) is 1.32. The first-order chi connectivity index (χ1) is 3.81. The summed E-state index contributed by atoms with van der Waals surface area (Å²) in [4.78, 5) is 3.70. The molecule has 0 aromatic rings. The van der Waals surface area contributed by atoms with E-state index in [1.807, 2.05) is 0 Å². The average molecular weight is 113 g/mol. The molecule has 8 heavy (non-hydrogen) atoms. The number of rotatable bonds is 2. The summed E-state index contributed by atoms with van der Waals surface area (Å²) in [5, 5.41) is 2.77. The van der Waals surface area contributed by atoms with Crippen LogP contribution in [-0.2, 0) is 0 Å². The van der Waals surface area contributed by atoms with Crippen LogP contribution >= 0.6 is 0 Å². The first-order valence-corrected chi connectivity index (χ1v) is 2.36. The zero-order valence-corrected chi connectivity index (χ0v) is 5.18. The summed E-state index contributed by atoms with van der Waals surface area (Å²) < 4.78 is 0. The van der Waals surface area contributed by atoms with Crippen LogP contribution in [0.2, 0.25) is 0 Å². The van der Waals surface area contributed by atoms with Crippen LogP contribution in [0.5, 0.6) is 0 Å². The van der Waals surface area contributed by atoms with Crippen molar-refractivity contribution in [3.05, 3.63) is 11.9 Å². The smallest absolute Gasteiger partial charge is 0.0654 e. The molecule has 0 heterocycles. The highest BCUT2D eigenvalue weighted by Gasteiger charge is 1.74. The SMILES string of the molecule is C/N=C\C(N)=C/NC. The van der Waals surface area contributed by atoms with Gasteiger partial charge in [0.2, 0.25) is 0 Å². The summed E-state index contributed by atoms with van der Waals surface area (Å²) in [6.45, 7) is 0. The number of allylic oxidation sites excluding steroid dienone is 1. The molecule has 0 atom stereocenters. The minimum Gasteiger partial charge on any atom is -0.396 e. The number of nitrogens with two attached hydrogens (primary N) is 1. The van der Waals surface area contributed by atoms with Crippen molar-refractivity contribution < 1.29 is 0 Å². The van der Waals surface area contributed by atoms with E-state index in [0.717, 1.165) is 0 Å². The molecular weight excluding hydrogens is 102 g/mol. The predicted octanol–water partition coefficient (Wildman–Crippen LogP) is -0.294. The van der Waals surface area contributed by atoms with Crippen molar-refractivity contribution >= 4 is 6.21 Å². The normalized spacial score (nSPS) is 12.5. The van der Waals surface area contributed by atoms with Gasteiger partial charge < -0.3 is 11.1 Å². The molecule has 0 aliphatic heterocycles. The molecule has 0 aromatic heterocycles. The molecule has 0 saturated heterocycles. The van der Waals surface area contributed by atoms with Crippen molar-refractivity contribution in [1.82, 2.24) is 5.32 Å². The summed E-state index contributed by atoms with van der Waals surface area (Å²) in [7, 11) is 3.46. The van der Waals surface area contributed by atoms with Gasteiger partial charge in [-0.25, -0.2) is 0 Å². The molecule has 0 rings (SSSR count). The topological polar surface area (TPSA) is 50.4 Å². The number of nitrogens with one attached hydrogen (secondary N) is 1. The standard InChI is InChI=1S/C5H11N3/c1-7-3-5(6)4-8-2/h3-4,7H,6H2,1-2H3/b5-3+,8-4-. The van der Waals surface area contributed by atoms with E-state index in [2.05, 4.69) is 10.3 Å². The molecule has 3 N–H and O–H groups in total. The van der Waals surface area contributed by atoms with E-state index in [-0.39, 0.29) is 0 Å². The monoisotopic (exact) mass is 113 g/mol. The van der Waals surface area contributed by atoms with E-state index >= 15 is 0 Å². The second-order valence-electron chi connectivity index (χ2n) is 1.32. The highest BCUT2D eigenvalue weighted by Crippen LogP contribution is 1.70. The van der Waals surface area contributed by atoms with Crippen molar-refractivity contribution in [2.45, 2.75) is 0 Å². The maximum absolute atomic E-state index is 5.34. The van der Waals surface area contributed by atoms with Crippen LogP contribution in [0.4, 0.5) is 0 Å². The van der Waals surface area contributed by atoms with Gasteiger partial charge in [0.15, 0.2) is 0 Å². The van der Waals surface area contributed by atoms with Crippen molar-refractivity contribution in [2.75, 3.05) is 14.1 Å². The Balaban J connectivity index is 3.61. The maximum atomic E-state index is 5.34. The van der Waals surface area contributed by atoms with E-state index in [4.69, 9.17) is 5.73 Å². The lowest BCUT2D eigenvalue weighted by Gasteiger charge is -1.88. The Morgan fingerprint density at radius 2 is 2.38 bits per heavy atom. The summed E-state index contributed by atoms with van der Waals surface area (Å²) >= 11 is 0. The average Bonchev–Trinajstić information content (AvgIpc) is 1.68. The third-order valence-corrected chi connectivity index (χ3v) is 0.589. The molecule has 0 radical (unpaired) electrons. The Hall–Kier alpha value is -0.990. The van der Waals surface area contributed by atoms with Crippen LogP contribution in [0, 0.1) is 0 Å². The molecular formula is C5H11N3. The Morgan fingerprint density at radius 1 is 1.75 bits per heavy atom. The molecule has 0 aromatic carbocycles. The molecule has 0 bridgehead atoms. The van der Waals surface area contributed by atoms with E-state index in [9.17, 15) is 0 Å². The summed E-state index contributed by atoms with van der Waals surface area (Å²) in [6, 6.07) is 0. The zero-order valence-electron chi connectivity index (χ0n) is 5.18. The first kappa shape index (κ1) is 7.01. The van der Waals surface area contributed by atoms with Crippen LogP contribution in [0.15, 0.2) is 16.9 Å². The fourth-order valence-corrected chi connectivity index (χ4v) is 0.353. The number of aliphatic imine (C=N–C) groups is 1. The predicted molar refractivity (Wildman–Crippen MR) is 35.7 cm³/mol. The molecule has 0 saturated carbocycles. The summed E-state index contributed by atoms with van der Waals surface area (Å²) in [5.41, 5.74) is 5.98. The lowest BCUT2D eigenvalue weighted by Crippen LogP contribution is -2.04. The van der Waals surface area contributed by atoms with Crippen LogP contribution in [0.1, 0.15) is 0 Å². The van der Waals surface area contributed by atoms with Crippen LogP contribution < -0.4 is 11.1 Å². The van der Waals surface area contributed by atoms with Crippen LogP contribution in [-0.4, -0.2) is 20.3 Å². The number of hydrogen-bond acceptors (Lipinski definition) is 3. The van der Waals surface area contributed by atoms with E-state index < -0.39 is 0 Å². The molecule has 0 spiro atoms. The Kier molecular flexibility index (Phi) is 3.66. The summed E-state index contributed by atoms with van der Waals surface area (Å²) in [5.74, 6) is 0. The van der Waals surface area contributed by atoms with Gasteiger partial charge in [-0.05, 0) is 0 Å². The molecule has 3 heteroatoms. The lowest BCUT2D eigenvalue weighted by atomic mass is 10.5. The van der Waals surface area contributed by atoms with Crippen molar-refractivity contribution in [3.63, 3.8) is 0 Å². The molecule has 0 amide bonds. The molecule has 46 valence electrons. The highest BCUT2D eigenvalue weighted by atomic mass is 14.8. The minimum atomic E-state index is 0.634. The summed E-state index contributed by atoms with van der Waals surface area (Å²) in [6.07, 6.45) is 3.25. The van der Waals surface area contributed by atoms with Crippen molar-refractivity contribution in [3.8, 4) is 0 Å². The van der Waals surface area contributed by atoms with Gasteiger partial charge in [0, 0.05) is 26.5 Å². The minimum absolute atomic E-state index is 0.634. The molecule has 0 aliphatic carbocycles.